The van der Waals surface area contributed by atoms with Gasteiger partial charge in [-0.3, -0.25) is 15.1 Å². The highest BCUT2D eigenvalue weighted by Gasteiger charge is 2.14. The largest absolute Gasteiger partial charge is 0.497 e. The lowest BCUT2D eigenvalue weighted by Gasteiger charge is -2.15. The lowest BCUT2D eigenvalue weighted by Crippen LogP contribution is -2.36. The number of aryl methyl sites for hydroxylation is 1. The summed E-state index contributed by atoms with van der Waals surface area (Å²) < 4.78 is 16.0. The van der Waals surface area contributed by atoms with Crippen LogP contribution < -0.4 is 24.8 Å². The number of anilines is 1. The van der Waals surface area contributed by atoms with Gasteiger partial charge < -0.3 is 19.5 Å². The highest BCUT2D eigenvalue weighted by molar-refractivity contribution is 6.10. The minimum atomic E-state index is -0.374. The van der Waals surface area contributed by atoms with Crippen LogP contribution in [0.4, 0.5) is 5.69 Å². The van der Waals surface area contributed by atoms with Crippen LogP contribution in [0.2, 0.25) is 0 Å². The first-order chi connectivity index (χ1) is 15.5. The molecule has 0 saturated heterocycles. The minimum absolute atomic E-state index is 0.256. The molecule has 0 aliphatic heterocycles. The van der Waals surface area contributed by atoms with Gasteiger partial charge in [0, 0.05) is 17.8 Å². The Labute approximate surface area is 187 Å². The zero-order valence-corrected chi connectivity index (χ0v) is 18.5. The quantitative estimate of drug-likeness (QED) is 0.434. The Hall–Kier alpha value is -4.07. The number of carbonyl (C=O) groups is 1. The summed E-state index contributed by atoms with van der Waals surface area (Å²) in [6.07, 6.45) is 1.70. The van der Waals surface area contributed by atoms with Gasteiger partial charge in [-0.2, -0.15) is 0 Å². The van der Waals surface area contributed by atoms with E-state index in [2.05, 4.69) is 20.6 Å². The number of nitrogens with zero attached hydrogens (tertiary/aromatic N) is 2. The molecule has 1 aromatic heterocycles. The van der Waals surface area contributed by atoms with Crippen molar-refractivity contribution in [1.29, 1.82) is 0 Å². The van der Waals surface area contributed by atoms with Crippen LogP contribution >= 0.6 is 0 Å². The second-order valence-corrected chi connectivity index (χ2v) is 6.87. The molecule has 1 heterocycles. The number of nitrogens with one attached hydrogen (secondary N) is 2. The molecule has 166 valence electrons. The van der Waals surface area contributed by atoms with Gasteiger partial charge in [-0.25, -0.2) is 4.99 Å². The van der Waals surface area contributed by atoms with Crippen molar-refractivity contribution in [2.45, 2.75) is 13.5 Å². The van der Waals surface area contributed by atoms with Gasteiger partial charge in [0.05, 0.1) is 39.3 Å². The molecule has 0 saturated carbocycles. The fourth-order valence-corrected chi connectivity index (χ4v) is 2.93. The fraction of sp³-hybridized carbons (Fsp3) is 0.208. The number of ether oxygens (including phenoxy) is 3. The number of pyridine rings is 1. The molecule has 0 radical (unpaired) electrons. The fourth-order valence-electron chi connectivity index (χ4n) is 2.93. The highest BCUT2D eigenvalue weighted by atomic mass is 16.5. The van der Waals surface area contributed by atoms with Crippen LogP contribution in [0, 0.1) is 6.92 Å². The van der Waals surface area contributed by atoms with Gasteiger partial charge in [0.25, 0.3) is 5.91 Å². The molecule has 8 heteroatoms. The lowest BCUT2D eigenvalue weighted by molar-refractivity contribution is 0.0976. The Morgan fingerprint density at radius 3 is 2.34 bits per heavy atom. The van der Waals surface area contributed by atoms with E-state index in [-0.39, 0.29) is 18.4 Å². The molecular weight excluding hydrogens is 408 g/mol. The summed E-state index contributed by atoms with van der Waals surface area (Å²) in [4.78, 5) is 21.8. The number of amides is 1. The van der Waals surface area contributed by atoms with Crippen LogP contribution in [0.5, 0.6) is 17.2 Å². The van der Waals surface area contributed by atoms with E-state index in [1.54, 1.807) is 31.5 Å². The molecule has 0 atom stereocenters. The monoisotopic (exact) mass is 434 g/mol. The van der Waals surface area contributed by atoms with Gasteiger partial charge in [0.15, 0.2) is 0 Å². The average Bonchev–Trinajstić information content (AvgIpc) is 2.82. The summed E-state index contributed by atoms with van der Waals surface area (Å²) in [5.74, 6) is 1.52. The highest BCUT2D eigenvalue weighted by Crippen LogP contribution is 2.25. The van der Waals surface area contributed by atoms with Gasteiger partial charge in [-0.1, -0.05) is 12.1 Å². The maximum Gasteiger partial charge on any atom is 0.258 e. The van der Waals surface area contributed by atoms with Crippen LogP contribution in [-0.4, -0.2) is 38.2 Å². The Bertz CT molecular complexity index is 1080. The minimum Gasteiger partial charge on any atom is -0.497 e. The van der Waals surface area contributed by atoms with Crippen molar-refractivity contribution >= 4 is 17.6 Å². The summed E-state index contributed by atoms with van der Waals surface area (Å²) >= 11 is 0. The molecule has 2 aromatic carbocycles. The summed E-state index contributed by atoms with van der Waals surface area (Å²) in [5, 5.41) is 6.00. The number of guanidine groups is 1. The molecule has 0 aliphatic rings. The molecule has 1 amide bonds. The van der Waals surface area contributed by atoms with Crippen LogP contribution in [0.3, 0.4) is 0 Å². The summed E-state index contributed by atoms with van der Waals surface area (Å²) in [6, 6.07) is 16.2. The summed E-state index contributed by atoms with van der Waals surface area (Å²) in [5.41, 5.74) is 2.84. The van der Waals surface area contributed by atoms with Crippen molar-refractivity contribution in [3.8, 4) is 17.2 Å². The smallest absolute Gasteiger partial charge is 0.258 e. The van der Waals surface area contributed by atoms with Gasteiger partial charge in [0.1, 0.15) is 17.2 Å². The molecule has 3 aromatic rings. The number of hydrogen-bond acceptors (Lipinski definition) is 6. The SMILES string of the molecule is COc1cc(OC)cc(C(=O)NC(=NCc2ccccn2)Nc2cc(C)ccc2OC)c1. The molecule has 0 bridgehead atoms. The molecule has 2 N–H and O–H groups in total. The third kappa shape index (κ3) is 5.98. The number of carbonyl (C=O) groups excluding carboxylic acids is 1. The van der Waals surface area contributed by atoms with Gasteiger partial charge in [-0.15, -0.1) is 0 Å². The maximum absolute atomic E-state index is 13.0. The number of benzene rings is 2. The van der Waals surface area contributed by atoms with E-state index in [1.165, 1.54) is 14.2 Å². The van der Waals surface area contributed by atoms with E-state index < -0.39 is 0 Å². The van der Waals surface area contributed by atoms with Crippen LogP contribution in [0.25, 0.3) is 0 Å². The zero-order valence-electron chi connectivity index (χ0n) is 18.5. The van der Waals surface area contributed by atoms with Gasteiger partial charge in [-0.05, 0) is 48.9 Å². The second kappa shape index (κ2) is 10.8. The standard InChI is InChI=1S/C24H26N4O4/c1-16-8-9-22(32-4)21(11-16)27-24(26-15-18-7-5-6-10-25-18)28-23(29)17-12-19(30-2)14-20(13-17)31-3/h5-14H,15H2,1-4H3,(H2,26,27,28,29). The van der Waals surface area contributed by atoms with Crippen molar-refractivity contribution in [1.82, 2.24) is 10.3 Å². The predicted octanol–water partition coefficient (Wildman–Crippen LogP) is 3.81. The van der Waals surface area contributed by atoms with E-state index in [0.29, 0.717) is 28.5 Å². The molecule has 0 unspecified atom stereocenters. The van der Waals surface area contributed by atoms with Crippen LogP contribution in [0.1, 0.15) is 21.6 Å². The van der Waals surface area contributed by atoms with E-state index in [0.717, 1.165) is 11.3 Å². The number of rotatable bonds is 7. The van der Waals surface area contributed by atoms with Crippen LogP contribution in [0.15, 0.2) is 65.8 Å². The maximum atomic E-state index is 13.0. The zero-order chi connectivity index (χ0) is 22.9. The molecule has 8 nitrogen and oxygen atoms in total. The van der Waals surface area contributed by atoms with Crippen molar-refractivity contribution in [3.05, 3.63) is 77.6 Å². The average molecular weight is 434 g/mol. The lowest BCUT2D eigenvalue weighted by atomic mass is 10.2. The van der Waals surface area contributed by atoms with Crippen molar-refractivity contribution < 1.29 is 19.0 Å². The van der Waals surface area contributed by atoms with E-state index >= 15 is 0 Å². The van der Waals surface area contributed by atoms with Crippen molar-refractivity contribution in [2.75, 3.05) is 26.6 Å². The Morgan fingerprint density at radius 1 is 0.969 bits per heavy atom. The number of methoxy groups -OCH3 is 3. The summed E-state index contributed by atoms with van der Waals surface area (Å²) in [6.45, 7) is 2.25. The first-order valence-corrected chi connectivity index (χ1v) is 9.93. The Balaban J connectivity index is 1.90. The van der Waals surface area contributed by atoms with Crippen LogP contribution in [-0.2, 0) is 6.54 Å². The molecule has 3 rings (SSSR count). The van der Waals surface area contributed by atoms with Crippen molar-refractivity contribution in [3.63, 3.8) is 0 Å². The van der Waals surface area contributed by atoms with E-state index in [9.17, 15) is 4.79 Å². The van der Waals surface area contributed by atoms with Gasteiger partial charge in [0.2, 0.25) is 5.96 Å². The van der Waals surface area contributed by atoms with E-state index in [4.69, 9.17) is 14.2 Å². The predicted molar refractivity (Wildman–Crippen MR) is 124 cm³/mol. The third-order valence-corrected chi connectivity index (χ3v) is 4.58. The normalized spacial score (nSPS) is 10.9. The number of aliphatic imine (C=N–C) groups is 1. The topological polar surface area (TPSA) is 94.1 Å². The third-order valence-electron chi connectivity index (χ3n) is 4.58. The second-order valence-electron chi connectivity index (χ2n) is 6.87. The Kier molecular flexibility index (Phi) is 7.64. The van der Waals surface area contributed by atoms with E-state index in [1.807, 2.05) is 43.3 Å². The Morgan fingerprint density at radius 2 is 1.72 bits per heavy atom. The molecule has 0 fully saturated rings. The van der Waals surface area contributed by atoms with Crippen molar-refractivity contribution in [2.24, 2.45) is 4.99 Å². The molecule has 0 aliphatic carbocycles. The summed E-state index contributed by atoms with van der Waals surface area (Å²) in [7, 11) is 4.64. The van der Waals surface area contributed by atoms with Gasteiger partial charge >= 0.3 is 0 Å². The molecular formula is C24H26N4O4. The molecule has 32 heavy (non-hydrogen) atoms. The first-order valence-electron chi connectivity index (χ1n) is 9.93. The number of hydrogen-bond donors (Lipinski definition) is 2. The molecule has 0 spiro atoms. The number of aromatic nitrogens is 1. The first kappa shape index (κ1) is 22.6.